The van der Waals surface area contributed by atoms with Crippen molar-refractivity contribution in [2.24, 2.45) is 0 Å². The summed E-state index contributed by atoms with van der Waals surface area (Å²) < 4.78 is 5.05. The average molecular weight is 377 g/mol. The molecular formula is C19H27N3O5. The van der Waals surface area contributed by atoms with Gasteiger partial charge < -0.3 is 25.5 Å². The molecule has 8 nitrogen and oxygen atoms in total. The fraction of sp³-hybridized carbons (Fsp3) is 0.474. The summed E-state index contributed by atoms with van der Waals surface area (Å²) in [5.41, 5.74) is 0.739. The largest absolute Gasteiger partial charge is 0.444 e. The van der Waals surface area contributed by atoms with Gasteiger partial charge in [0.25, 0.3) is 0 Å². The van der Waals surface area contributed by atoms with Crippen molar-refractivity contribution in [2.75, 3.05) is 11.9 Å². The summed E-state index contributed by atoms with van der Waals surface area (Å²) in [4.78, 5) is 46.0. The second-order valence-corrected chi connectivity index (χ2v) is 7.08. The monoisotopic (exact) mass is 377 g/mol. The molecule has 8 heteroatoms. The van der Waals surface area contributed by atoms with Gasteiger partial charge >= 0.3 is 6.09 Å². The number of Topliss-reactive ketones (excluding diaryl/α,β-unsaturated/α-hetero) is 1. The minimum Gasteiger partial charge on any atom is -0.444 e. The Labute approximate surface area is 159 Å². The third kappa shape index (κ3) is 10.6. The van der Waals surface area contributed by atoms with Crippen molar-refractivity contribution in [1.29, 1.82) is 0 Å². The summed E-state index contributed by atoms with van der Waals surface area (Å²) in [6.45, 7) is 6.69. The zero-order valence-electron chi connectivity index (χ0n) is 16.2. The summed E-state index contributed by atoms with van der Waals surface area (Å²) in [5.74, 6) is -0.647. The predicted octanol–water partition coefficient (Wildman–Crippen LogP) is 2.14. The Morgan fingerprint density at radius 3 is 2.33 bits per heavy atom. The first-order chi connectivity index (χ1) is 12.5. The van der Waals surface area contributed by atoms with Crippen LogP contribution in [0, 0.1) is 0 Å². The standard InChI is InChI=1S/C19H27N3O5/c1-13(23)8-9-16(24)22-15-7-5-6-14(10-15)11-20-17(25)12-21-18(26)27-19(2,3)4/h5-7,10H,8-9,11-12H2,1-4H3,(H,20,25)(H,21,26)(H,22,24). The molecule has 148 valence electrons. The highest BCUT2D eigenvalue weighted by atomic mass is 16.6. The Hall–Kier alpha value is -2.90. The number of benzene rings is 1. The van der Waals surface area contributed by atoms with Gasteiger partial charge in [0.1, 0.15) is 17.9 Å². The summed E-state index contributed by atoms with van der Waals surface area (Å²) in [6, 6.07) is 7.00. The van der Waals surface area contributed by atoms with Crippen LogP contribution in [-0.2, 0) is 25.7 Å². The maximum absolute atomic E-state index is 11.8. The smallest absolute Gasteiger partial charge is 0.408 e. The van der Waals surface area contributed by atoms with Crippen LogP contribution in [0.5, 0.6) is 0 Å². The summed E-state index contributed by atoms with van der Waals surface area (Å²) in [6.07, 6.45) is -0.327. The third-order valence-electron chi connectivity index (χ3n) is 3.20. The molecule has 0 aliphatic carbocycles. The fourth-order valence-corrected chi connectivity index (χ4v) is 2.00. The number of ketones is 1. The van der Waals surface area contributed by atoms with Crippen LogP contribution in [0.25, 0.3) is 0 Å². The van der Waals surface area contributed by atoms with Gasteiger partial charge in [-0.1, -0.05) is 12.1 Å². The molecule has 0 aliphatic rings. The maximum Gasteiger partial charge on any atom is 0.408 e. The fourth-order valence-electron chi connectivity index (χ4n) is 2.00. The van der Waals surface area contributed by atoms with E-state index in [4.69, 9.17) is 4.74 Å². The average Bonchev–Trinajstić information content (AvgIpc) is 2.55. The molecule has 0 fully saturated rings. The second kappa shape index (κ2) is 10.3. The number of amides is 3. The molecule has 27 heavy (non-hydrogen) atoms. The van der Waals surface area contributed by atoms with E-state index < -0.39 is 11.7 Å². The molecule has 0 spiro atoms. The number of hydrogen-bond donors (Lipinski definition) is 3. The van der Waals surface area contributed by atoms with Crippen molar-refractivity contribution in [3.63, 3.8) is 0 Å². The zero-order valence-corrected chi connectivity index (χ0v) is 16.2. The van der Waals surface area contributed by atoms with Crippen LogP contribution >= 0.6 is 0 Å². The van der Waals surface area contributed by atoms with Gasteiger partial charge in [0.15, 0.2) is 0 Å². The van der Waals surface area contributed by atoms with Crippen molar-refractivity contribution in [2.45, 2.75) is 52.7 Å². The summed E-state index contributed by atoms with van der Waals surface area (Å²) in [5, 5.41) is 7.76. The minimum absolute atomic E-state index is 0.0402. The highest BCUT2D eigenvalue weighted by Crippen LogP contribution is 2.11. The maximum atomic E-state index is 11.8. The van der Waals surface area contributed by atoms with Gasteiger partial charge in [-0.3, -0.25) is 9.59 Å². The SMILES string of the molecule is CC(=O)CCC(=O)Nc1cccc(CNC(=O)CNC(=O)OC(C)(C)C)c1. The molecule has 1 aromatic rings. The lowest BCUT2D eigenvalue weighted by molar-refractivity contribution is -0.121. The zero-order chi connectivity index (χ0) is 20.4. The second-order valence-electron chi connectivity index (χ2n) is 7.08. The van der Waals surface area contributed by atoms with Gasteiger partial charge in [-0.2, -0.15) is 0 Å². The van der Waals surface area contributed by atoms with Gasteiger partial charge in [-0.25, -0.2) is 4.79 Å². The van der Waals surface area contributed by atoms with Gasteiger partial charge in [0, 0.05) is 25.1 Å². The lowest BCUT2D eigenvalue weighted by Gasteiger charge is -2.19. The topological polar surface area (TPSA) is 114 Å². The first-order valence-corrected chi connectivity index (χ1v) is 8.67. The molecule has 0 aromatic heterocycles. The molecule has 3 amide bonds. The molecule has 3 N–H and O–H groups in total. The number of anilines is 1. The van der Waals surface area contributed by atoms with Crippen LogP contribution < -0.4 is 16.0 Å². The van der Waals surface area contributed by atoms with E-state index in [0.717, 1.165) is 5.56 Å². The number of ether oxygens (including phenoxy) is 1. The Balaban J connectivity index is 2.42. The van der Waals surface area contributed by atoms with Crippen molar-refractivity contribution in [1.82, 2.24) is 10.6 Å². The Morgan fingerprint density at radius 2 is 1.70 bits per heavy atom. The molecule has 0 aliphatic heterocycles. The van der Waals surface area contributed by atoms with Crippen molar-refractivity contribution in [3.05, 3.63) is 29.8 Å². The van der Waals surface area contributed by atoms with Gasteiger partial charge in [0.05, 0.1) is 0 Å². The van der Waals surface area contributed by atoms with E-state index in [1.54, 1.807) is 45.0 Å². The molecule has 0 atom stereocenters. The van der Waals surface area contributed by atoms with E-state index in [1.807, 2.05) is 0 Å². The van der Waals surface area contributed by atoms with E-state index in [-0.39, 0.29) is 43.5 Å². The summed E-state index contributed by atoms with van der Waals surface area (Å²) in [7, 11) is 0. The number of carbonyl (C=O) groups is 4. The van der Waals surface area contributed by atoms with Crippen molar-refractivity contribution >= 4 is 29.4 Å². The van der Waals surface area contributed by atoms with E-state index in [0.29, 0.717) is 5.69 Å². The van der Waals surface area contributed by atoms with Crippen LogP contribution in [0.4, 0.5) is 10.5 Å². The van der Waals surface area contributed by atoms with Crippen LogP contribution in [0.2, 0.25) is 0 Å². The number of nitrogens with one attached hydrogen (secondary N) is 3. The lowest BCUT2D eigenvalue weighted by Crippen LogP contribution is -2.39. The number of carbonyl (C=O) groups excluding carboxylic acids is 4. The Morgan fingerprint density at radius 1 is 1.00 bits per heavy atom. The predicted molar refractivity (Wildman–Crippen MR) is 101 cm³/mol. The van der Waals surface area contributed by atoms with Crippen molar-refractivity contribution in [3.8, 4) is 0 Å². The normalized spacial score (nSPS) is 10.7. The molecule has 0 heterocycles. The molecule has 0 unspecified atom stereocenters. The lowest BCUT2D eigenvalue weighted by atomic mass is 10.2. The van der Waals surface area contributed by atoms with Crippen LogP contribution in [-0.4, -0.2) is 35.8 Å². The van der Waals surface area contributed by atoms with E-state index in [1.165, 1.54) is 6.92 Å². The third-order valence-corrected chi connectivity index (χ3v) is 3.20. The number of rotatable bonds is 8. The van der Waals surface area contributed by atoms with E-state index >= 15 is 0 Å². The first kappa shape index (κ1) is 22.1. The van der Waals surface area contributed by atoms with Gasteiger partial charge in [-0.15, -0.1) is 0 Å². The summed E-state index contributed by atoms with van der Waals surface area (Å²) >= 11 is 0. The minimum atomic E-state index is -0.659. The molecule has 0 saturated carbocycles. The van der Waals surface area contributed by atoms with Gasteiger partial charge in [-0.05, 0) is 45.4 Å². The van der Waals surface area contributed by atoms with Crippen LogP contribution in [0.15, 0.2) is 24.3 Å². The van der Waals surface area contributed by atoms with Crippen LogP contribution in [0.1, 0.15) is 46.1 Å². The molecule has 1 rings (SSSR count). The molecule has 0 bridgehead atoms. The van der Waals surface area contributed by atoms with Gasteiger partial charge in [0.2, 0.25) is 11.8 Å². The Kier molecular flexibility index (Phi) is 8.44. The van der Waals surface area contributed by atoms with Crippen molar-refractivity contribution < 1.29 is 23.9 Å². The highest BCUT2D eigenvalue weighted by molar-refractivity contribution is 5.93. The van der Waals surface area contributed by atoms with E-state index in [2.05, 4.69) is 16.0 Å². The number of hydrogen-bond acceptors (Lipinski definition) is 5. The molecule has 1 aromatic carbocycles. The first-order valence-electron chi connectivity index (χ1n) is 8.67. The van der Waals surface area contributed by atoms with E-state index in [9.17, 15) is 19.2 Å². The molecular weight excluding hydrogens is 350 g/mol. The quantitative estimate of drug-likeness (QED) is 0.642. The molecule has 0 radical (unpaired) electrons. The van der Waals surface area contributed by atoms with Crippen LogP contribution in [0.3, 0.4) is 0 Å². The highest BCUT2D eigenvalue weighted by Gasteiger charge is 2.16. The number of alkyl carbamates (subject to hydrolysis) is 1. The Bertz CT molecular complexity index is 695. The molecule has 0 saturated heterocycles.